The molecule has 8 nitrogen and oxygen atoms in total. The highest BCUT2D eigenvalue weighted by Crippen LogP contribution is 2.41. The standard InChI is InChI=1S/C20H26N4O4/c1-14(12-23-8-10-28-11-9-23)21-17(25)13-24-18(26)20(22-19(24)27)7-6-15-4-2-3-5-16(15)20/h2-5,14H,6-13H2,1H3,(H,21,25)(H,22,27)/t14-,20-/m0/s1. The van der Waals surface area contributed by atoms with Gasteiger partial charge in [0.2, 0.25) is 5.91 Å². The number of imide groups is 1. The number of fused-ring (bicyclic) bond motifs is 2. The first-order chi connectivity index (χ1) is 13.5. The lowest BCUT2D eigenvalue weighted by molar-refractivity contribution is -0.135. The number of aryl methyl sites for hydroxylation is 1. The van der Waals surface area contributed by atoms with Gasteiger partial charge in [-0.05, 0) is 30.9 Å². The van der Waals surface area contributed by atoms with Gasteiger partial charge < -0.3 is 15.4 Å². The van der Waals surface area contributed by atoms with Crippen molar-refractivity contribution >= 4 is 17.8 Å². The van der Waals surface area contributed by atoms with E-state index in [2.05, 4.69) is 15.5 Å². The minimum Gasteiger partial charge on any atom is -0.379 e. The van der Waals surface area contributed by atoms with E-state index in [1.807, 2.05) is 31.2 Å². The zero-order chi connectivity index (χ0) is 19.7. The van der Waals surface area contributed by atoms with E-state index >= 15 is 0 Å². The second-order valence-electron chi connectivity index (χ2n) is 7.77. The van der Waals surface area contributed by atoms with Crippen LogP contribution in [-0.2, 0) is 26.3 Å². The fourth-order valence-electron chi connectivity index (χ4n) is 4.41. The summed E-state index contributed by atoms with van der Waals surface area (Å²) in [6.07, 6.45) is 1.27. The molecule has 2 aliphatic heterocycles. The highest BCUT2D eigenvalue weighted by Gasteiger charge is 2.55. The third kappa shape index (κ3) is 3.38. The summed E-state index contributed by atoms with van der Waals surface area (Å²) in [5.41, 5.74) is 0.895. The van der Waals surface area contributed by atoms with Gasteiger partial charge in [-0.2, -0.15) is 0 Å². The van der Waals surface area contributed by atoms with Gasteiger partial charge in [-0.15, -0.1) is 0 Å². The predicted molar refractivity (Wildman–Crippen MR) is 102 cm³/mol. The molecule has 2 N–H and O–H groups in total. The maximum Gasteiger partial charge on any atom is 0.325 e. The van der Waals surface area contributed by atoms with Crippen LogP contribution in [0.15, 0.2) is 24.3 Å². The fourth-order valence-corrected chi connectivity index (χ4v) is 4.41. The van der Waals surface area contributed by atoms with Crippen molar-refractivity contribution < 1.29 is 19.1 Å². The van der Waals surface area contributed by atoms with Crippen molar-refractivity contribution in [3.8, 4) is 0 Å². The van der Waals surface area contributed by atoms with Crippen LogP contribution in [0.3, 0.4) is 0 Å². The Hall–Kier alpha value is -2.45. The lowest BCUT2D eigenvalue weighted by Gasteiger charge is -2.29. The van der Waals surface area contributed by atoms with E-state index in [4.69, 9.17) is 4.74 Å². The third-order valence-corrected chi connectivity index (χ3v) is 5.77. The second kappa shape index (κ2) is 7.52. The zero-order valence-electron chi connectivity index (χ0n) is 16.1. The molecule has 1 aliphatic carbocycles. The molecule has 2 heterocycles. The molecule has 4 amide bonds. The van der Waals surface area contributed by atoms with E-state index in [0.717, 1.165) is 35.5 Å². The monoisotopic (exact) mass is 386 g/mol. The number of rotatable bonds is 5. The van der Waals surface area contributed by atoms with Crippen LogP contribution in [0.5, 0.6) is 0 Å². The number of morpholine rings is 1. The Kier molecular flexibility index (Phi) is 5.07. The van der Waals surface area contributed by atoms with Gasteiger partial charge in [-0.25, -0.2) is 4.79 Å². The van der Waals surface area contributed by atoms with Gasteiger partial charge in [0, 0.05) is 25.7 Å². The van der Waals surface area contributed by atoms with Crippen molar-refractivity contribution in [1.29, 1.82) is 0 Å². The molecule has 3 aliphatic rings. The van der Waals surface area contributed by atoms with E-state index in [1.54, 1.807) is 0 Å². The average molecular weight is 386 g/mol. The summed E-state index contributed by atoms with van der Waals surface area (Å²) >= 11 is 0. The maximum absolute atomic E-state index is 13.1. The number of hydrogen-bond donors (Lipinski definition) is 2. The average Bonchev–Trinajstić information content (AvgIpc) is 3.16. The van der Waals surface area contributed by atoms with Gasteiger partial charge in [0.05, 0.1) is 13.2 Å². The fraction of sp³-hybridized carbons (Fsp3) is 0.550. The Morgan fingerprint density at radius 3 is 2.82 bits per heavy atom. The van der Waals surface area contributed by atoms with Crippen LogP contribution >= 0.6 is 0 Å². The minimum atomic E-state index is -1.02. The zero-order valence-corrected chi connectivity index (χ0v) is 16.1. The molecule has 0 bridgehead atoms. The molecule has 1 aromatic rings. The molecule has 0 saturated carbocycles. The summed E-state index contributed by atoms with van der Waals surface area (Å²) in [5.74, 6) is -0.661. The van der Waals surface area contributed by atoms with Gasteiger partial charge >= 0.3 is 6.03 Å². The first-order valence-electron chi connectivity index (χ1n) is 9.81. The largest absolute Gasteiger partial charge is 0.379 e. The summed E-state index contributed by atoms with van der Waals surface area (Å²) in [4.78, 5) is 41.3. The third-order valence-electron chi connectivity index (χ3n) is 5.77. The number of hydrogen-bond acceptors (Lipinski definition) is 5. The summed E-state index contributed by atoms with van der Waals surface area (Å²) in [6.45, 7) is 5.46. The Balaban J connectivity index is 1.38. The van der Waals surface area contributed by atoms with E-state index < -0.39 is 11.6 Å². The van der Waals surface area contributed by atoms with Crippen LogP contribution in [0.2, 0.25) is 0 Å². The molecule has 28 heavy (non-hydrogen) atoms. The van der Waals surface area contributed by atoms with Crippen LogP contribution in [0.25, 0.3) is 0 Å². The van der Waals surface area contributed by atoms with Gasteiger partial charge in [0.15, 0.2) is 0 Å². The molecule has 0 aromatic heterocycles. The number of urea groups is 1. The molecule has 1 aromatic carbocycles. The Labute approximate surface area is 164 Å². The van der Waals surface area contributed by atoms with E-state index in [0.29, 0.717) is 26.2 Å². The number of carbonyl (C=O) groups is 3. The first-order valence-corrected chi connectivity index (χ1v) is 9.81. The normalized spacial score (nSPS) is 25.7. The van der Waals surface area contributed by atoms with Gasteiger partial charge in [-0.3, -0.25) is 19.4 Å². The van der Waals surface area contributed by atoms with Gasteiger partial charge in [0.25, 0.3) is 5.91 Å². The van der Waals surface area contributed by atoms with Crippen molar-refractivity contribution in [2.24, 2.45) is 0 Å². The molecule has 0 radical (unpaired) electrons. The molecule has 0 unspecified atom stereocenters. The minimum absolute atomic E-state index is 0.0764. The smallest absolute Gasteiger partial charge is 0.325 e. The number of amides is 4. The highest BCUT2D eigenvalue weighted by atomic mass is 16.5. The Bertz CT molecular complexity index is 792. The quantitative estimate of drug-likeness (QED) is 0.707. The molecule has 2 saturated heterocycles. The molecule has 2 atom stereocenters. The van der Waals surface area contributed by atoms with Crippen molar-refractivity contribution in [2.75, 3.05) is 39.4 Å². The Morgan fingerprint density at radius 2 is 2.04 bits per heavy atom. The maximum atomic E-state index is 13.1. The summed E-state index contributed by atoms with van der Waals surface area (Å²) in [6, 6.07) is 7.08. The van der Waals surface area contributed by atoms with Gasteiger partial charge in [0.1, 0.15) is 12.1 Å². The first kappa shape index (κ1) is 18.9. The molecular weight excluding hydrogens is 360 g/mol. The van der Waals surface area contributed by atoms with E-state index in [9.17, 15) is 14.4 Å². The van der Waals surface area contributed by atoms with Crippen molar-refractivity contribution in [1.82, 2.24) is 20.4 Å². The van der Waals surface area contributed by atoms with E-state index in [1.165, 1.54) is 0 Å². The second-order valence-corrected chi connectivity index (χ2v) is 7.77. The Morgan fingerprint density at radius 1 is 1.29 bits per heavy atom. The van der Waals surface area contributed by atoms with Crippen LogP contribution in [0.1, 0.15) is 24.5 Å². The van der Waals surface area contributed by atoms with Crippen molar-refractivity contribution in [2.45, 2.75) is 31.3 Å². The summed E-state index contributed by atoms with van der Waals surface area (Å²) in [7, 11) is 0. The van der Waals surface area contributed by atoms with Crippen molar-refractivity contribution in [3.63, 3.8) is 0 Å². The topological polar surface area (TPSA) is 91.0 Å². The number of benzene rings is 1. The van der Waals surface area contributed by atoms with Crippen LogP contribution in [0, 0.1) is 0 Å². The summed E-state index contributed by atoms with van der Waals surface area (Å²) < 4.78 is 5.33. The molecule has 150 valence electrons. The molecular formula is C20H26N4O4. The summed E-state index contributed by atoms with van der Waals surface area (Å²) in [5, 5.41) is 5.74. The number of nitrogens with one attached hydrogen (secondary N) is 2. The lowest BCUT2D eigenvalue weighted by atomic mass is 9.92. The van der Waals surface area contributed by atoms with Crippen LogP contribution < -0.4 is 10.6 Å². The molecule has 2 fully saturated rings. The lowest BCUT2D eigenvalue weighted by Crippen LogP contribution is -2.49. The SMILES string of the molecule is C[C@@H](CN1CCOCC1)NC(=O)CN1C(=O)N[C@]2(CCc3ccccc32)C1=O. The number of ether oxygens (including phenoxy) is 1. The molecule has 1 spiro atoms. The van der Waals surface area contributed by atoms with Crippen LogP contribution in [0.4, 0.5) is 4.79 Å². The molecule has 8 heteroatoms. The number of carbonyl (C=O) groups excluding carboxylic acids is 3. The van der Waals surface area contributed by atoms with Crippen molar-refractivity contribution in [3.05, 3.63) is 35.4 Å². The number of nitrogens with zero attached hydrogens (tertiary/aromatic N) is 2. The van der Waals surface area contributed by atoms with E-state index in [-0.39, 0.29) is 24.4 Å². The van der Waals surface area contributed by atoms with Gasteiger partial charge in [-0.1, -0.05) is 24.3 Å². The van der Waals surface area contributed by atoms with Crippen LogP contribution in [-0.4, -0.2) is 73.1 Å². The molecule has 4 rings (SSSR count). The predicted octanol–water partition coefficient (Wildman–Crippen LogP) is 0.217. The highest BCUT2D eigenvalue weighted by molar-refractivity contribution is 6.09.